The van der Waals surface area contributed by atoms with Crippen LogP contribution in [0.25, 0.3) is 10.9 Å². The molecule has 3 rings (SSSR count). The molecule has 1 fully saturated rings. The maximum Gasteiger partial charge on any atom is 0.0966 e. The van der Waals surface area contributed by atoms with Crippen molar-refractivity contribution in [2.75, 3.05) is 20.2 Å². The van der Waals surface area contributed by atoms with Gasteiger partial charge >= 0.3 is 0 Å². The second kappa shape index (κ2) is 3.61. The van der Waals surface area contributed by atoms with Gasteiger partial charge in [0.05, 0.1) is 5.60 Å². The Bertz CT molecular complexity index is 494. The Morgan fingerprint density at radius 2 is 2.19 bits per heavy atom. The number of hydrogen-bond acceptors (Lipinski definition) is 2. The summed E-state index contributed by atoms with van der Waals surface area (Å²) < 4.78 is 5.63. The third-order valence-corrected chi connectivity index (χ3v) is 3.53. The molecule has 2 aromatic rings. The molecule has 0 unspecified atom stereocenters. The summed E-state index contributed by atoms with van der Waals surface area (Å²) in [6.07, 6.45) is 2.97. The van der Waals surface area contributed by atoms with E-state index in [0.29, 0.717) is 0 Å². The van der Waals surface area contributed by atoms with Gasteiger partial charge in [0.1, 0.15) is 0 Å². The van der Waals surface area contributed by atoms with Gasteiger partial charge in [-0.15, -0.1) is 0 Å². The van der Waals surface area contributed by atoms with Crippen LogP contribution in [0.4, 0.5) is 0 Å². The summed E-state index contributed by atoms with van der Waals surface area (Å²) >= 11 is 0. The number of rotatable bonds is 3. The smallest absolute Gasteiger partial charge is 0.0966 e. The molecule has 2 heterocycles. The van der Waals surface area contributed by atoms with E-state index in [4.69, 9.17) is 4.74 Å². The Balaban J connectivity index is 1.96. The summed E-state index contributed by atoms with van der Waals surface area (Å²) in [5.74, 6) is 0. The number of benzene rings is 1. The Labute approximate surface area is 94.8 Å². The van der Waals surface area contributed by atoms with Crippen LogP contribution >= 0.6 is 0 Å². The van der Waals surface area contributed by atoms with Crippen LogP contribution in [0.3, 0.4) is 0 Å². The molecule has 0 spiro atoms. The van der Waals surface area contributed by atoms with Gasteiger partial charge in [0, 0.05) is 43.7 Å². The van der Waals surface area contributed by atoms with Crippen molar-refractivity contribution in [2.45, 2.75) is 12.0 Å². The second-order valence-electron chi connectivity index (χ2n) is 4.52. The lowest BCUT2D eigenvalue weighted by Gasteiger charge is -2.41. The molecule has 1 aliphatic rings. The molecule has 0 saturated carbocycles. The lowest BCUT2D eigenvalue weighted by atomic mass is 9.87. The number of hydrogen-bond donors (Lipinski definition) is 2. The minimum Gasteiger partial charge on any atom is -0.375 e. The van der Waals surface area contributed by atoms with Gasteiger partial charge in [-0.2, -0.15) is 0 Å². The van der Waals surface area contributed by atoms with Gasteiger partial charge in [-0.1, -0.05) is 12.1 Å². The van der Waals surface area contributed by atoms with Gasteiger partial charge in [-0.3, -0.25) is 0 Å². The number of ether oxygens (including phenoxy) is 1. The van der Waals surface area contributed by atoms with E-state index in [-0.39, 0.29) is 5.60 Å². The Morgan fingerprint density at radius 1 is 1.31 bits per heavy atom. The van der Waals surface area contributed by atoms with Crippen LogP contribution in [0.2, 0.25) is 0 Å². The number of fused-ring (bicyclic) bond motifs is 1. The minimum absolute atomic E-state index is 0.00551. The molecular weight excluding hydrogens is 200 g/mol. The molecule has 0 atom stereocenters. The molecule has 0 amide bonds. The quantitative estimate of drug-likeness (QED) is 0.819. The predicted octanol–water partition coefficient (Wildman–Crippen LogP) is 1.70. The number of methoxy groups -OCH3 is 1. The summed E-state index contributed by atoms with van der Waals surface area (Å²) in [6, 6.07) is 8.54. The van der Waals surface area contributed by atoms with Gasteiger partial charge in [-0.05, 0) is 17.7 Å². The normalized spacial score (nSPS) is 18.6. The highest BCUT2D eigenvalue weighted by atomic mass is 16.5. The Hall–Kier alpha value is -1.32. The van der Waals surface area contributed by atoms with Crippen molar-refractivity contribution in [1.29, 1.82) is 0 Å². The van der Waals surface area contributed by atoms with E-state index in [9.17, 15) is 0 Å². The topological polar surface area (TPSA) is 37.0 Å². The van der Waals surface area contributed by atoms with E-state index in [1.165, 1.54) is 16.5 Å². The van der Waals surface area contributed by atoms with Crippen LogP contribution in [0, 0.1) is 0 Å². The van der Waals surface area contributed by atoms with E-state index in [1.54, 1.807) is 7.11 Å². The summed E-state index contributed by atoms with van der Waals surface area (Å²) in [7, 11) is 1.80. The first-order valence-electron chi connectivity index (χ1n) is 5.64. The molecule has 2 N–H and O–H groups in total. The van der Waals surface area contributed by atoms with Crippen molar-refractivity contribution in [3.8, 4) is 0 Å². The maximum absolute atomic E-state index is 5.63. The van der Waals surface area contributed by atoms with E-state index in [2.05, 4.69) is 34.6 Å². The number of aromatic amines is 1. The number of nitrogens with one attached hydrogen (secondary N) is 2. The van der Waals surface area contributed by atoms with Gasteiger partial charge in [0.2, 0.25) is 0 Å². The van der Waals surface area contributed by atoms with Gasteiger partial charge in [0.15, 0.2) is 0 Å². The average molecular weight is 216 g/mol. The Kier molecular flexibility index (Phi) is 2.23. The number of H-pyrrole nitrogens is 1. The third-order valence-electron chi connectivity index (χ3n) is 3.53. The van der Waals surface area contributed by atoms with Crippen LogP contribution in [0.15, 0.2) is 30.5 Å². The zero-order chi connectivity index (χ0) is 11.0. The summed E-state index contributed by atoms with van der Waals surface area (Å²) in [5, 5.41) is 4.59. The van der Waals surface area contributed by atoms with Gasteiger partial charge in [0.25, 0.3) is 0 Å². The lowest BCUT2D eigenvalue weighted by Crippen LogP contribution is -2.61. The van der Waals surface area contributed by atoms with Gasteiger partial charge in [-0.25, -0.2) is 0 Å². The molecule has 0 aliphatic carbocycles. The van der Waals surface area contributed by atoms with E-state index < -0.39 is 0 Å². The molecule has 1 aliphatic heterocycles. The van der Waals surface area contributed by atoms with Crippen molar-refractivity contribution in [2.24, 2.45) is 0 Å². The molecule has 16 heavy (non-hydrogen) atoms. The van der Waals surface area contributed by atoms with Crippen molar-refractivity contribution in [1.82, 2.24) is 10.3 Å². The number of aromatic nitrogens is 1. The molecule has 3 nitrogen and oxygen atoms in total. The first-order chi connectivity index (χ1) is 7.83. The lowest BCUT2D eigenvalue weighted by molar-refractivity contribution is -0.0500. The predicted molar refractivity (Wildman–Crippen MR) is 64.6 cm³/mol. The largest absolute Gasteiger partial charge is 0.375 e. The van der Waals surface area contributed by atoms with Crippen molar-refractivity contribution in [3.05, 3.63) is 36.0 Å². The second-order valence-corrected chi connectivity index (χ2v) is 4.52. The van der Waals surface area contributed by atoms with Crippen LogP contribution < -0.4 is 5.32 Å². The van der Waals surface area contributed by atoms with E-state index >= 15 is 0 Å². The van der Waals surface area contributed by atoms with Crippen molar-refractivity contribution >= 4 is 10.9 Å². The van der Waals surface area contributed by atoms with Gasteiger partial charge < -0.3 is 15.0 Å². The summed E-state index contributed by atoms with van der Waals surface area (Å²) in [5.41, 5.74) is 2.57. The SMILES string of the molecule is COC1(Cc2cccc3[nH]ccc23)CNC1. The molecule has 1 saturated heterocycles. The molecular formula is C13H16N2O. The maximum atomic E-state index is 5.63. The standard InChI is InChI=1S/C13H16N2O/c1-16-13(8-14-9-13)7-10-3-2-4-12-11(10)5-6-15-12/h2-6,14-15H,7-9H2,1H3. The molecule has 0 bridgehead atoms. The van der Waals surface area contributed by atoms with Crippen LogP contribution in [0.5, 0.6) is 0 Å². The fourth-order valence-electron chi connectivity index (χ4n) is 2.40. The highest BCUT2D eigenvalue weighted by Gasteiger charge is 2.37. The minimum atomic E-state index is 0.00551. The molecule has 0 radical (unpaired) electrons. The third kappa shape index (κ3) is 1.44. The Morgan fingerprint density at radius 3 is 2.88 bits per heavy atom. The fourth-order valence-corrected chi connectivity index (χ4v) is 2.40. The van der Waals surface area contributed by atoms with Crippen molar-refractivity contribution < 1.29 is 4.74 Å². The summed E-state index contributed by atoms with van der Waals surface area (Å²) in [4.78, 5) is 3.24. The van der Waals surface area contributed by atoms with Crippen LogP contribution in [-0.2, 0) is 11.2 Å². The van der Waals surface area contributed by atoms with Crippen LogP contribution in [0.1, 0.15) is 5.56 Å². The molecule has 1 aromatic heterocycles. The average Bonchev–Trinajstić information content (AvgIpc) is 2.72. The molecule has 1 aromatic carbocycles. The highest BCUT2D eigenvalue weighted by molar-refractivity contribution is 5.83. The first-order valence-corrected chi connectivity index (χ1v) is 5.64. The fraction of sp³-hybridized carbons (Fsp3) is 0.385. The van der Waals surface area contributed by atoms with Crippen LogP contribution in [-0.4, -0.2) is 30.8 Å². The summed E-state index contributed by atoms with van der Waals surface area (Å²) in [6.45, 7) is 1.90. The monoisotopic (exact) mass is 216 g/mol. The zero-order valence-electron chi connectivity index (χ0n) is 9.42. The zero-order valence-corrected chi connectivity index (χ0v) is 9.42. The molecule has 3 heteroatoms. The van der Waals surface area contributed by atoms with Crippen molar-refractivity contribution in [3.63, 3.8) is 0 Å². The first kappa shape index (κ1) is 9.87. The highest BCUT2D eigenvalue weighted by Crippen LogP contribution is 2.26. The molecule has 84 valence electrons. The van der Waals surface area contributed by atoms with E-state index in [0.717, 1.165) is 19.5 Å². The van der Waals surface area contributed by atoms with E-state index in [1.807, 2.05) is 6.20 Å².